The van der Waals surface area contributed by atoms with Gasteiger partial charge in [0, 0.05) is 38.4 Å². The Morgan fingerprint density at radius 1 is 1.18 bits per heavy atom. The molecule has 2 rings (SSSR count). The van der Waals surface area contributed by atoms with Gasteiger partial charge in [-0.1, -0.05) is 6.07 Å². The van der Waals surface area contributed by atoms with Crippen molar-refractivity contribution in [1.29, 1.82) is 0 Å². The summed E-state index contributed by atoms with van der Waals surface area (Å²) in [4.78, 5) is 20.5. The van der Waals surface area contributed by atoms with E-state index in [0.29, 0.717) is 25.6 Å². The molecule has 158 valence electrons. The van der Waals surface area contributed by atoms with Crippen LogP contribution in [-0.2, 0) is 4.74 Å². The lowest BCUT2D eigenvalue weighted by Crippen LogP contribution is -2.50. The number of hydrogen-bond donors (Lipinski definition) is 2. The molecule has 0 radical (unpaired) electrons. The molecule has 3 N–H and O–H groups in total. The lowest BCUT2D eigenvalue weighted by Gasteiger charge is -2.35. The van der Waals surface area contributed by atoms with E-state index < -0.39 is 5.60 Å². The van der Waals surface area contributed by atoms with Gasteiger partial charge < -0.3 is 20.7 Å². The monoisotopic (exact) mass is 503 g/mol. The maximum absolute atomic E-state index is 12.1. The van der Waals surface area contributed by atoms with E-state index in [9.17, 15) is 4.79 Å². The average Bonchev–Trinajstić information content (AvgIpc) is 2.57. The smallest absolute Gasteiger partial charge is 0.410 e. The molecule has 1 heterocycles. The second-order valence-corrected chi connectivity index (χ2v) is 8.00. The van der Waals surface area contributed by atoms with Gasteiger partial charge in [-0.3, -0.25) is 9.89 Å². The summed E-state index contributed by atoms with van der Waals surface area (Å²) < 4.78 is 5.42. The Morgan fingerprint density at radius 3 is 2.39 bits per heavy atom. The van der Waals surface area contributed by atoms with E-state index in [1.807, 2.05) is 26.8 Å². The molecule has 7 nitrogen and oxygen atoms in total. The maximum atomic E-state index is 12.1. The SMILES string of the molecule is Cc1ccc(NC(N)=NCCN2CCN(C(=O)OC(C)(C)C)CC2)cc1C.I. The molecule has 1 amide bonds. The zero-order chi connectivity index (χ0) is 20.0. The van der Waals surface area contributed by atoms with Crippen LogP contribution >= 0.6 is 24.0 Å². The molecule has 28 heavy (non-hydrogen) atoms. The van der Waals surface area contributed by atoms with Crippen molar-refractivity contribution in [3.63, 3.8) is 0 Å². The Labute approximate surface area is 185 Å². The van der Waals surface area contributed by atoms with Crippen LogP contribution in [0.5, 0.6) is 0 Å². The van der Waals surface area contributed by atoms with Gasteiger partial charge in [0.15, 0.2) is 5.96 Å². The summed E-state index contributed by atoms with van der Waals surface area (Å²) in [6, 6.07) is 6.13. The highest BCUT2D eigenvalue weighted by Gasteiger charge is 2.25. The fraction of sp³-hybridized carbons (Fsp3) is 0.600. The minimum absolute atomic E-state index is 0. The van der Waals surface area contributed by atoms with Crippen molar-refractivity contribution in [2.45, 2.75) is 40.2 Å². The molecular formula is C20H34IN5O2. The number of nitrogens with one attached hydrogen (secondary N) is 1. The van der Waals surface area contributed by atoms with Crippen LogP contribution in [0, 0.1) is 13.8 Å². The zero-order valence-electron chi connectivity index (χ0n) is 17.6. The van der Waals surface area contributed by atoms with Crippen LogP contribution in [-0.4, -0.2) is 66.7 Å². The first kappa shape index (κ1) is 24.5. The number of carbonyl (C=O) groups is 1. The molecule has 8 heteroatoms. The molecule has 0 aliphatic carbocycles. The first-order valence-corrected chi connectivity index (χ1v) is 9.48. The lowest BCUT2D eigenvalue weighted by atomic mass is 10.1. The molecular weight excluding hydrogens is 469 g/mol. The molecule has 1 fully saturated rings. The number of piperazine rings is 1. The summed E-state index contributed by atoms with van der Waals surface area (Å²) in [6.07, 6.45) is -0.234. The molecule has 0 spiro atoms. The first-order chi connectivity index (χ1) is 12.6. The summed E-state index contributed by atoms with van der Waals surface area (Å²) in [6.45, 7) is 14.2. The van der Waals surface area contributed by atoms with Gasteiger partial charge in [0.2, 0.25) is 0 Å². The summed E-state index contributed by atoms with van der Waals surface area (Å²) in [5, 5.41) is 3.13. The van der Waals surface area contributed by atoms with E-state index in [1.54, 1.807) is 4.90 Å². The molecule has 0 atom stereocenters. The van der Waals surface area contributed by atoms with Crippen molar-refractivity contribution in [3.05, 3.63) is 29.3 Å². The summed E-state index contributed by atoms with van der Waals surface area (Å²) in [5.74, 6) is 0.422. The number of aliphatic imine (C=N–C) groups is 1. The largest absolute Gasteiger partial charge is 0.444 e. The van der Waals surface area contributed by atoms with Crippen LogP contribution in [0.3, 0.4) is 0 Å². The number of carbonyl (C=O) groups excluding carboxylic acids is 1. The van der Waals surface area contributed by atoms with Gasteiger partial charge in [0.25, 0.3) is 0 Å². The minimum Gasteiger partial charge on any atom is -0.444 e. The quantitative estimate of drug-likeness (QED) is 0.375. The number of ether oxygens (including phenoxy) is 1. The van der Waals surface area contributed by atoms with Crippen LogP contribution in [0.2, 0.25) is 0 Å². The van der Waals surface area contributed by atoms with Crippen LogP contribution in [0.4, 0.5) is 10.5 Å². The number of rotatable bonds is 4. The number of benzene rings is 1. The Kier molecular flexibility index (Phi) is 9.49. The van der Waals surface area contributed by atoms with Crippen molar-refractivity contribution >= 4 is 41.7 Å². The molecule has 0 saturated carbocycles. The van der Waals surface area contributed by atoms with Crippen molar-refractivity contribution in [3.8, 4) is 0 Å². The normalized spacial score (nSPS) is 15.8. The fourth-order valence-corrected chi connectivity index (χ4v) is 2.80. The zero-order valence-corrected chi connectivity index (χ0v) is 19.9. The number of hydrogen-bond acceptors (Lipinski definition) is 4. The van der Waals surface area contributed by atoms with Crippen LogP contribution in [0.1, 0.15) is 31.9 Å². The van der Waals surface area contributed by atoms with Gasteiger partial charge in [-0.2, -0.15) is 0 Å². The highest BCUT2D eigenvalue weighted by molar-refractivity contribution is 14.0. The van der Waals surface area contributed by atoms with Gasteiger partial charge in [0.05, 0.1) is 6.54 Å². The number of halogens is 1. The third-order valence-corrected chi connectivity index (χ3v) is 4.50. The highest BCUT2D eigenvalue weighted by Crippen LogP contribution is 2.14. The Hall–Kier alpha value is -1.55. The Bertz CT molecular complexity index is 680. The van der Waals surface area contributed by atoms with Gasteiger partial charge in [-0.05, 0) is 57.9 Å². The van der Waals surface area contributed by atoms with E-state index in [1.165, 1.54) is 11.1 Å². The summed E-state index contributed by atoms with van der Waals surface area (Å²) in [5.41, 5.74) is 8.95. The Morgan fingerprint density at radius 2 is 1.82 bits per heavy atom. The topological polar surface area (TPSA) is 83.2 Å². The van der Waals surface area contributed by atoms with Crippen molar-refractivity contribution in [2.24, 2.45) is 10.7 Å². The molecule has 0 aromatic heterocycles. The van der Waals surface area contributed by atoms with E-state index in [0.717, 1.165) is 25.3 Å². The van der Waals surface area contributed by atoms with E-state index in [-0.39, 0.29) is 30.1 Å². The summed E-state index contributed by atoms with van der Waals surface area (Å²) >= 11 is 0. The number of aryl methyl sites for hydroxylation is 2. The van der Waals surface area contributed by atoms with E-state index in [2.05, 4.69) is 41.2 Å². The van der Waals surface area contributed by atoms with Crippen molar-refractivity contribution in [1.82, 2.24) is 9.80 Å². The second kappa shape index (κ2) is 10.8. The van der Waals surface area contributed by atoms with Crippen LogP contribution in [0.25, 0.3) is 0 Å². The van der Waals surface area contributed by atoms with Crippen molar-refractivity contribution < 1.29 is 9.53 Å². The predicted octanol–water partition coefficient (Wildman–Crippen LogP) is 3.20. The maximum Gasteiger partial charge on any atom is 0.410 e. The van der Waals surface area contributed by atoms with Crippen LogP contribution < -0.4 is 11.1 Å². The van der Waals surface area contributed by atoms with Gasteiger partial charge in [-0.15, -0.1) is 24.0 Å². The second-order valence-electron chi connectivity index (χ2n) is 8.00. The number of nitrogens with zero attached hydrogens (tertiary/aromatic N) is 3. The third-order valence-electron chi connectivity index (χ3n) is 4.50. The molecule has 1 aromatic carbocycles. The number of anilines is 1. The molecule has 1 aliphatic heterocycles. The highest BCUT2D eigenvalue weighted by atomic mass is 127. The number of nitrogens with two attached hydrogens (primary N) is 1. The Balaban J connectivity index is 0.00000392. The minimum atomic E-state index is -0.455. The average molecular weight is 503 g/mol. The molecule has 0 unspecified atom stereocenters. The molecule has 0 bridgehead atoms. The van der Waals surface area contributed by atoms with E-state index >= 15 is 0 Å². The third kappa shape index (κ3) is 8.22. The first-order valence-electron chi connectivity index (χ1n) is 9.48. The standard InChI is InChI=1S/C20H33N5O2.HI/c1-15-6-7-17(14-16(15)2)23-18(21)22-8-9-24-10-12-25(13-11-24)19(26)27-20(3,4)5;/h6-7,14H,8-13H2,1-5H3,(H3,21,22,23);1H. The van der Waals surface area contributed by atoms with Crippen molar-refractivity contribution in [2.75, 3.05) is 44.6 Å². The predicted molar refractivity (Wildman–Crippen MR) is 126 cm³/mol. The van der Waals surface area contributed by atoms with Gasteiger partial charge in [-0.25, -0.2) is 4.79 Å². The van der Waals surface area contributed by atoms with Gasteiger partial charge in [0.1, 0.15) is 5.60 Å². The van der Waals surface area contributed by atoms with Gasteiger partial charge >= 0.3 is 6.09 Å². The molecule has 1 saturated heterocycles. The molecule has 1 aliphatic rings. The fourth-order valence-electron chi connectivity index (χ4n) is 2.80. The number of guanidine groups is 1. The summed E-state index contributed by atoms with van der Waals surface area (Å²) in [7, 11) is 0. The number of amides is 1. The van der Waals surface area contributed by atoms with Crippen LogP contribution in [0.15, 0.2) is 23.2 Å². The molecule has 1 aromatic rings. The lowest BCUT2D eigenvalue weighted by molar-refractivity contribution is 0.0148. The van der Waals surface area contributed by atoms with E-state index in [4.69, 9.17) is 10.5 Å².